The van der Waals surface area contributed by atoms with Gasteiger partial charge in [0.05, 0.1) is 0 Å². The highest BCUT2D eigenvalue weighted by Gasteiger charge is 1.99. The van der Waals surface area contributed by atoms with Gasteiger partial charge in [0.1, 0.15) is 5.02 Å². The van der Waals surface area contributed by atoms with Crippen molar-refractivity contribution in [2.75, 3.05) is 0 Å². The lowest BCUT2D eigenvalue weighted by atomic mass is 10.3. The van der Waals surface area contributed by atoms with Crippen molar-refractivity contribution in [1.29, 1.82) is 0 Å². The molecule has 4 heteroatoms. The molecule has 2 nitrogen and oxygen atoms in total. The smallest absolute Gasteiger partial charge is 0.266 e. The molecule has 66 valence electrons. The Morgan fingerprint density at radius 2 is 2.50 bits per heavy atom. The van der Waals surface area contributed by atoms with Crippen LogP contribution in [0.1, 0.15) is 19.8 Å². The molecule has 0 bridgehead atoms. The average Bonchev–Trinajstić information content (AvgIpc) is 2.36. The molecule has 0 aliphatic rings. The third-order valence-electron chi connectivity index (χ3n) is 1.37. The first-order valence-electron chi connectivity index (χ1n) is 3.78. The van der Waals surface area contributed by atoms with Crippen LogP contribution in [-0.2, 0) is 0 Å². The van der Waals surface area contributed by atoms with Crippen molar-refractivity contribution in [3.05, 3.63) is 26.8 Å². The van der Waals surface area contributed by atoms with Gasteiger partial charge < -0.3 is 0 Å². The Labute approximate surface area is 80.2 Å². The van der Waals surface area contributed by atoms with Crippen LogP contribution >= 0.6 is 23.1 Å². The molecule has 0 aliphatic heterocycles. The van der Waals surface area contributed by atoms with Crippen LogP contribution in [0.5, 0.6) is 0 Å². The maximum absolute atomic E-state index is 11.2. The van der Waals surface area contributed by atoms with Crippen molar-refractivity contribution >= 4 is 29.3 Å². The molecule has 0 fully saturated rings. The summed E-state index contributed by atoms with van der Waals surface area (Å²) >= 11 is 6.90. The zero-order valence-electron chi connectivity index (χ0n) is 6.79. The number of allylic oxidation sites excluding steroid dienone is 1. The van der Waals surface area contributed by atoms with E-state index in [0.29, 0.717) is 5.02 Å². The van der Waals surface area contributed by atoms with E-state index >= 15 is 0 Å². The summed E-state index contributed by atoms with van der Waals surface area (Å²) in [4.78, 5) is 11.2. The van der Waals surface area contributed by atoms with Crippen molar-refractivity contribution in [3.63, 3.8) is 0 Å². The molecule has 0 unspecified atom stereocenters. The van der Waals surface area contributed by atoms with Crippen molar-refractivity contribution in [1.82, 2.24) is 3.96 Å². The van der Waals surface area contributed by atoms with E-state index in [9.17, 15) is 4.79 Å². The van der Waals surface area contributed by atoms with Gasteiger partial charge in [-0.15, -0.1) is 0 Å². The molecule has 1 aromatic heterocycles. The molecular formula is C8H10ClNOS. The van der Waals surface area contributed by atoms with Crippen LogP contribution in [0.4, 0.5) is 0 Å². The lowest BCUT2D eigenvalue weighted by Gasteiger charge is -1.87. The minimum absolute atomic E-state index is 0.131. The first-order chi connectivity index (χ1) is 5.75. The number of rotatable bonds is 3. The van der Waals surface area contributed by atoms with E-state index in [4.69, 9.17) is 11.6 Å². The topological polar surface area (TPSA) is 22.0 Å². The average molecular weight is 204 g/mol. The Hall–Kier alpha value is -0.540. The van der Waals surface area contributed by atoms with E-state index in [2.05, 4.69) is 6.92 Å². The molecule has 0 amide bonds. The molecule has 0 radical (unpaired) electrons. The van der Waals surface area contributed by atoms with E-state index in [1.165, 1.54) is 15.5 Å². The molecule has 0 atom stereocenters. The standard InChI is InChI=1S/C8H10ClNOS/c1-2-3-4-5-10-8(11)7(9)6-12-10/h4-6H,2-3H2,1H3. The van der Waals surface area contributed by atoms with Crippen LogP contribution in [0.3, 0.4) is 0 Å². The zero-order valence-corrected chi connectivity index (χ0v) is 8.36. The third kappa shape index (κ3) is 2.22. The minimum atomic E-state index is -0.131. The van der Waals surface area contributed by atoms with Gasteiger partial charge in [-0.1, -0.05) is 42.6 Å². The second-order valence-electron chi connectivity index (χ2n) is 2.38. The first kappa shape index (κ1) is 9.55. The Morgan fingerprint density at radius 3 is 3.00 bits per heavy atom. The molecule has 0 N–H and O–H groups in total. The number of nitrogens with zero attached hydrogens (tertiary/aromatic N) is 1. The van der Waals surface area contributed by atoms with Crippen LogP contribution < -0.4 is 5.56 Å². The predicted molar refractivity (Wildman–Crippen MR) is 53.8 cm³/mol. The van der Waals surface area contributed by atoms with Crippen molar-refractivity contribution in [3.8, 4) is 0 Å². The largest absolute Gasteiger partial charge is 0.283 e. The summed E-state index contributed by atoms with van der Waals surface area (Å²) < 4.78 is 1.53. The normalized spacial score (nSPS) is 11.2. The molecule has 1 heterocycles. The highest BCUT2D eigenvalue weighted by Crippen LogP contribution is 2.06. The summed E-state index contributed by atoms with van der Waals surface area (Å²) in [5, 5.41) is 1.93. The number of aromatic nitrogens is 1. The monoisotopic (exact) mass is 203 g/mol. The van der Waals surface area contributed by atoms with E-state index in [1.807, 2.05) is 6.08 Å². The summed E-state index contributed by atoms with van der Waals surface area (Å²) in [5.74, 6) is 0. The van der Waals surface area contributed by atoms with Gasteiger partial charge in [-0.3, -0.25) is 4.79 Å². The summed E-state index contributed by atoms with van der Waals surface area (Å²) in [7, 11) is 0. The molecule has 0 saturated heterocycles. The molecule has 1 rings (SSSR count). The van der Waals surface area contributed by atoms with Crippen molar-refractivity contribution < 1.29 is 0 Å². The van der Waals surface area contributed by atoms with Gasteiger partial charge in [0.2, 0.25) is 0 Å². The van der Waals surface area contributed by atoms with Crippen LogP contribution in [0.2, 0.25) is 5.02 Å². The third-order valence-corrected chi connectivity index (χ3v) is 2.63. The van der Waals surface area contributed by atoms with Crippen LogP contribution in [0.25, 0.3) is 6.20 Å². The number of hydrogen-bond donors (Lipinski definition) is 0. The van der Waals surface area contributed by atoms with E-state index in [0.717, 1.165) is 12.8 Å². The Morgan fingerprint density at radius 1 is 1.75 bits per heavy atom. The summed E-state index contributed by atoms with van der Waals surface area (Å²) in [6, 6.07) is 0. The Bertz CT molecular complexity index is 326. The zero-order chi connectivity index (χ0) is 8.97. The summed E-state index contributed by atoms with van der Waals surface area (Å²) in [5.41, 5.74) is -0.131. The maximum Gasteiger partial charge on any atom is 0.283 e. The second-order valence-corrected chi connectivity index (χ2v) is 3.62. The van der Waals surface area contributed by atoms with Gasteiger partial charge in [0.15, 0.2) is 0 Å². The van der Waals surface area contributed by atoms with Gasteiger partial charge in [0.25, 0.3) is 5.56 Å². The minimum Gasteiger partial charge on any atom is -0.266 e. The molecule has 0 aliphatic carbocycles. The van der Waals surface area contributed by atoms with Crippen molar-refractivity contribution in [2.24, 2.45) is 0 Å². The van der Waals surface area contributed by atoms with Gasteiger partial charge in [0, 0.05) is 11.6 Å². The molecule has 1 aromatic rings. The fraction of sp³-hybridized carbons (Fsp3) is 0.375. The maximum atomic E-state index is 11.2. The van der Waals surface area contributed by atoms with Crippen LogP contribution in [-0.4, -0.2) is 3.96 Å². The Kier molecular flexibility index (Phi) is 3.56. The van der Waals surface area contributed by atoms with E-state index in [-0.39, 0.29) is 5.56 Å². The fourth-order valence-corrected chi connectivity index (χ4v) is 1.66. The highest BCUT2D eigenvalue weighted by molar-refractivity contribution is 7.05. The molecule has 0 spiro atoms. The Balaban J connectivity index is 2.76. The number of halogens is 1. The first-order valence-corrected chi connectivity index (χ1v) is 5.00. The highest BCUT2D eigenvalue weighted by atomic mass is 35.5. The fourth-order valence-electron chi connectivity index (χ4n) is 0.746. The second kappa shape index (κ2) is 4.48. The van der Waals surface area contributed by atoms with Crippen molar-refractivity contribution in [2.45, 2.75) is 19.8 Å². The summed E-state index contributed by atoms with van der Waals surface area (Å²) in [6.07, 6.45) is 5.81. The molecular weight excluding hydrogens is 194 g/mol. The lowest BCUT2D eigenvalue weighted by molar-refractivity contribution is 0.958. The van der Waals surface area contributed by atoms with Gasteiger partial charge in [-0.05, 0) is 6.42 Å². The van der Waals surface area contributed by atoms with E-state index in [1.54, 1.807) is 11.6 Å². The molecule has 0 aromatic carbocycles. The van der Waals surface area contributed by atoms with Gasteiger partial charge in [-0.2, -0.15) is 0 Å². The predicted octanol–water partition coefficient (Wildman–Crippen LogP) is 2.83. The van der Waals surface area contributed by atoms with Gasteiger partial charge in [-0.25, -0.2) is 3.96 Å². The number of hydrogen-bond acceptors (Lipinski definition) is 2. The van der Waals surface area contributed by atoms with Crippen LogP contribution in [0.15, 0.2) is 16.3 Å². The van der Waals surface area contributed by atoms with E-state index < -0.39 is 0 Å². The SMILES string of the molecule is CCCC=Cn1scc(Cl)c1=O. The number of unbranched alkanes of at least 4 members (excludes halogenated alkanes) is 1. The molecule has 12 heavy (non-hydrogen) atoms. The quantitative estimate of drug-likeness (QED) is 0.741. The lowest BCUT2D eigenvalue weighted by Crippen LogP contribution is -2.06. The summed E-state index contributed by atoms with van der Waals surface area (Å²) in [6.45, 7) is 2.09. The van der Waals surface area contributed by atoms with Crippen LogP contribution in [0, 0.1) is 0 Å². The van der Waals surface area contributed by atoms with Gasteiger partial charge >= 0.3 is 0 Å². The molecule has 0 saturated carbocycles.